The molecule has 2 aliphatic carbocycles. The van der Waals surface area contributed by atoms with Crippen molar-refractivity contribution in [3.05, 3.63) is 35.4 Å². The van der Waals surface area contributed by atoms with Gasteiger partial charge in [-0.15, -0.1) is 0 Å². The summed E-state index contributed by atoms with van der Waals surface area (Å²) < 4.78 is 0. The van der Waals surface area contributed by atoms with E-state index in [4.69, 9.17) is 0 Å². The fourth-order valence-electron chi connectivity index (χ4n) is 3.36. The van der Waals surface area contributed by atoms with E-state index in [1.807, 2.05) is 0 Å². The standard InChI is InChI=1S/C18H27N/c1-2-14-5-11-18(12-6-14)19-13-15-3-7-16(8-4-15)17-9-10-17/h3-4,7-8,14,17-19H,2,5-6,9-13H2,1H3. The Hall–Kier alpha value is -0.820. The molecule has 0 aromatic heterocycles. The molecular weight excluding hydrogens is 230 g/mol. The second-order valence-electron chi connectivity index (χ2n) is 6.52. The van der Waals surface area contributed by atoms with Gasteiger partial charge in [0.05, 0.1) is 0 Å². The Kier molecular flexibility index (Phi) is 4.22. The molecule has 0 bridgehead atoms. The minimum absolute atomic E-state index is 0.755. The molecule has 104 valence electrons. The van der Waals surface area contributed by atoms with Gasteiger partial charge in [-0.05, 0) is 61.5 Å². The molecule has 0 saturated heterocycles. The minimum Gasteiger partial charge on any atom is -0.310 e. The molecule has 1 aromatic carbocycles. The number of nitrogens with one attached hydrogen (secondary N) is 1. The smallest absolute Gasteiger partial charge is 0.0208 e. The van der Waals surface area contributed by atoms with Gasteiger partial charge < -0.3 is 5.32 Å². The lowest BCUT2D eigenvalue weighted by atomic mass is 9.84. The first-order chi connectivity index (χ1) is 9.35. The third kappa shape index (κ3) is 3.60. The third-order valence-corrected chi connectivity index (χ3v) is 5.05. The average Bonchev–Trinajstić information content (AvgIpc) is 3.31. The minimum atomic E-state index is 0.755. The van der Waals surface area contributed by atoms with E-state index < -0.39 is 0 Å². The summed E-state index contributed by atoms with van der Waals surface area (Å²) in [6, 6.07) is 10.1. The number of hydrogen-bond acceptors (Lipinski definition) is 1. The van der Waals surface area contributed by atoms with Crippen LogP contribution >= 0.6 is 0 Å². The molecule has 0 aliphatic heterocycles. The van der Waals surface area contributed by atoms with Gasteiger partial charge in [0.2, 0.25) is 0 Å². The molecule has 2 saturated carbocycles. The van der Waals surface area contributed by atoms with Crippen LogP contribution in [0.1, 0.15) is 68.9 Å². The Morgan fingerprint density at radius 1 is 0.947 bits per heavy atom. The van der Waals surface area contributed by atoms with E-state index in [-0.39, 0.29) is 0 Å². The maximum absolute atomic E-state index is 3.75. The van der Waals surface area contributed by atoms with E-state index in [1.54, 1.807) is 5.56 Å². The maximum atomic E-state index is 3.75. The van der Waals surface area contributed by atoms with Gasteiger partial charge in [0.15, 0.2) is 0 Å². The van der Waals surface area contributed by atoms with Gasteiger partial charge in [0.1, 0.15) is 0 Å². The summed E-state index contributed by atoms with van der Waals surface area (Å²) in [4.78, 5) is 0. The summed E-state index contributed by atoms with van der Waals surface area (Å²) in [5.74, 6) is 1.88. The Morgan fingerprint density at radius 2 is 1.63 bits per heavy atom. The summed E-state index contributed by atoms with van der Waals surface area (Å²) in [7, 11) is 0. The van der Waals surface area contributed by atoms with Crippen LogP contribution in [-0.2, 0) is 6.54 Å². The number of benzene rings is 1. The number of hydrogen-bond donors (Lipinski definition) is 1. The molecule has 3 rings (SSSR count). The molecule has 0 unspecified atom stereocenters. The first-order valence-corrected chi connectivity index (χ1v) is 8.17. The predicted octanol–water partition coefficient (Wildman–Crippen LogP) is 4.62. The Balaban J connectivity index is 1.44. The lowest BCUT2D eigenvalue weighted by molar-refractivity contribution is 0.285. The summed E-state index contributed by atoms with van der Waals surface area (Å²) in [5.41, 5.74) is 2.99. The molecule has 1 N–H and O–H groups in total. The van der Waals surface area contributed by atoms with E-state index in [9.17, 15) is 0 Å². The molecule has 1 nitrogen and oxygen atoms in total. The van der Waals surface area contributed by atoms with Gasteiger partial charge in [0.25, 0.3) is 0 Å². The van der Waals surface area contributed by atoms with Crippen LogP contribution in [0.4, 0.5) is 0 Å². The molecule has 1 aromatic rings. The van der Waals surface area contributed by atoms with Crippen LogP contribution < -0.4 is 5.32 Å². The largest absolute Gasteiger partial charge is 0.310 e. The van der Waals surface area contributed by atoms with E-state index in [0.29, 0.717) is 0 Å². The molecule has 1 heteroatoms. The third-order valence-electron chi connectivity index (χ3n) is 5.05. The van der Waals surface area contributed by atoms with Crippen molar-refractivity contribution >= 4 is 0 Å². The van der Waals surface area contributed by atoms with Crippen LogP contribution in [0.3, 0.4) is 0 Å². The second kappa shape index (κ2) is 6.09. The summed E-state index contributed by atoms with van der Waals surface area (Å²) in [6.45, 7) is 3.38. The molecule has 0 atom stereocenters. The SMILES string of the molecule is CCC1CCC(NCc2ccc(C3CC3)cc2)CC1. The molecule has 2 aliphatic rings. The average molecular weight is 257 g/mol. The van der Waals surface area contributed by atoms with Crippen LogP contribution in [0.2, 0.25) is 0 Å². The van der Waals surface area contributed by atoms with Gasteiger partial charge >= 0.3 is 0 Å². The molecule has 0 heterocycles. The van der Waals surface area contributed by atoms with Crippen LogP contribution in [0.15, 0.2) is 24.3 Å². The summed E-state index contributed by atoms with van der Waals surface area (Å²) >= 11 is 0. The van der Waals surface area contributed by atoms with Crippen molar-refractivity contribution in [3.8, 4) is 0 Å². The van der Waals surface area contributed by atoms with Crippen molar-refractivity contribution in [2.45, 2.75) is 70.4 Å². The van der Waals surface area contributed by atoms with Crippen LogP contribution in [0.25, 0.3) is 0 Å². The molecular formula is C18H27N. The molecule has 2 fully saturated rings. The fourth-order valence-corrected chi connectivity index (χ4v) is 3.36. The zero-order valence-corrected chi connectivity index (χ0v) is 12.2. The summed E-state index contributed by atoms with van der Waals surface area (Å²) in [6.07, 6.45) is 9.77. The van der Waals surface area contributed by atoms with E-state index in [1.165, 1.54) is 50.5 Å². The first kappa shape index (κ1) is 13.2. The van der Waals surface area contributed by atoms with Crippen molar-refractivity contribution in [2.24, 2.45) is 5.92 Å². The van der Waals surface area contributed by atoms with Gasteiger partial charge in [0, 0.05) is 12.6 Å². The highest BCUT2D eigenvalue weighted by molar-refractivity contribution is 5.28. The Labute approximate surface area is 117 Å². The lowest BCUT2D eigenvalue weighted by Crippen LogP contribution is -2.32. The number of rotatable bonds is 5. The summed E-state index contributed by atoms with van der Waals surface area (Å²) in [5, 5.41) is 3.75. The van der Waals surface area contributed by atoms with Crippen molar-refractivity contribution in [1.29, 1.82) is 0 Å². The van der Waals surface area contributed by atoms with Crippen molar-refractivity contribution in [1.82, 2.24) is 5.32 Å². The normalized spacial score (nSPS) is 27.4. The topological polar surface area (TPSA) is 12.0 Å². The Morgan fingerprint density at radius 3 is 2.21 bits per heavy atom. The van der Waals surface area contributed by atoms with Crippen LogP contribution in [-0.4, -0.2) is 6.04 Å². The zero-order valence-electron chi connectivity index (χ0n) is 12.2. The quantitative estimate of drug-likeness (QED) is 0.811. The zero-order chi connectivity index (χ0) is 13.1. The van der Waals surface area contributed by atoms with E-state index in [2.05, 4.69) is 36.5 Å². The van der Waals surface area contributed by atoms with Crippen molar-refractivity contribution in [2.75, 3.05) is 0 Å². The molecule has 0 radical (unpaired) electrons. The monoisotopic (exact) mass is 257 g/mol. The lowest BCUT2D eigenvalue weighted by Gasteiger charge is -2.28. The van der Waals surface area contributed by atoms with Crippen LogP contribution in [0, 0.1) is 5.92 Å². The van der Waals surface area contributed by atoms with E-state index >= 15 is 0 Å². The highest BCUT2D eigenvalue weighted by Crippen LogP contribution is 2.39. The fraction of sp³-hybridized carbons (Fsp3) is 0.667. The highest BCUT2D eigenvalue weighted by atomic mass is 14.9. The highest BCUT2D eigenvalue weighted by Gasteiger charge is 2.23. The molecule has 19 heavy (non-hydrogen) atoms. The molecule has 0 spiro atoms. The van der Waals surface area contributed by atoms with Crippen molar-refractivity contribution < 1.29 is 0 Å². The van der Waals surface area contributed by atoms with Gasteiger partial charge in [-0.3, -0.25) is 0 Å². The van der Waals surface area contributed by atoms with Gasteiger partial charge in [-0.25, -0.2) is 0 Å². The van der Waals surface area contributed by atoms with Crippen LogP contribution in [0.5, 0.6) is 0 Å². The van der Waals surface area contributed by atoms with Gasteiger partial charge in [-0.1, -0.05) is 37.6 Å². The molecule has 0 amide bonds. The Bertz CT molecular complexity index is 383. The predicted molar refractivity (Wildman–Crippen MR) is 81.3 cm³/mol. The second-order valence-corrected chi connectivity index (χ2v) is 6.52. The van der Waals surface area contributed by atoms with Crippen molar-refractivity contribution in [3.63, 3.8) is 0 Å². The van der Waals surface area contributed by atoms with E-state index in [0.717, 1.165) is 24.4 Å². The maximum Gasteiger partial charge on any atom is 0.0208 e. The van der Waals surface area contributed by atoms with Gasteiger partial charge in [-0.2, -0.15) is 0 Å². The first-order valence-electron chi connectivity index (χ1n) is 8.17.